The van der Waals surface area contributed by atoms with Crippen LogP contribution in [0.2, 0.25) is 0 Å². The Kier molecular flexibility index (Phi) is 4.81. The lowest BCUT2D eigenvalue weighted by Gasteiger charge is -2.20. The molecule has 1 aliphatic carbocycles. The van der Waals surface area contributed by atoms with Crippen LogP contribution in [0.3, 0.4) is 0 Å². The fourth-order valence-corrected chi connectivity index (χ4v) is 3.64. The van der Waals surface area contributed by atoms with Crippen LogP contribution in [0.15, 0.2) is 28.8 Å². The number of hydrogen-bond acceptors (Lipinski definition) is 7. The number of amides is 4. The predicted octanol–water partition coefficient (Wildman–Crippen LogP) is 2.37. The molecular formula is C19H20N4O5. The van der Waals surface area contributed by atoms with Crippen molar-refractivity contribution >= 4 is 17.8 Å². The number of para-hydroxylation sites is 1. The van der Waals surface area contributed by atoms with Gasteiger partial charge >= 0.3 is 17.8 Å². The summed E-state index contributed by atoms with van der Waals surface area (Å²) in [5, 5.41) is 3.92. The fraction of sp³-hybridized carbons (Fsp3) is 0.421. The van der Waals surface area contributed by atoms with Crippen LogP contribution >= 0.6 is 0 Å². The van der Waals surface area contributed by atoms with Crippen LogP contribution in [-0.2, 0) is 16.1 Å². The Hall–Kier alpha value is -3.23. The predicted molar refractivity (Wildman–Crippen MR) is 96.0 cm³/mol. The van der Waals surface area contributed by atoms with E-state index in [1.165, 1.54) is 0 Å². The van der Waals surface area contributed by atoms with Crippen molar-refractivity contribution in [2.45, 2.75) is 45.2 Å². The van der Waals surface area contributed by atoms with E-state index in [0.717, 1.165) is 35.5 Å². The first-order chi connectivity index (χ1) is 13.6. The SMILES string of the molecule is CCOc1ccccc1-c1noc(CN2C(=O)C(=O)N(C3CCCC3)C2=O)n1. The first kappa shape index (κ1) is 18.1. The molecule has 2 fully saturated rings. The molecule has 1 saturated carbocycles. The van der Waals surface area contributed by atoms with Gasteiger partial charge in [0.05, 0.1) is 12.2 Å². The lowest BCUT2D eigenvalue weighted by molar-refractivity contribution is -0.144. The van der Waals surface area contributed by atoms with Crippen LogP contribution in [0.4, 0.5) is 4.79 Å². The molecule has 0 radical (unpaired) electrons. The summed E-state index contributed by atoms with van der Waals surface area (Å²) in [5.41, 5.74) is 0.641. The van der Waals surface area contributed by atoms with E-state index in [1.54, 1.807) is 12.1 Å². The molecule has 1 aliphatic heterocycles. The third-order valence-electron chi connectivity index (χ3n) is 4.96. The van der Waals surface area contributed by atoms with Gasteiger partial charge in [0.15, 0.2) is 0 Å². The smallest absolute Gasteiger partial charge is 0.334 e. The highest BCUT2D eigenvalue weighted by Crippen LogP contribution is 2.30. The van der Waals surface area contributed by atoms with Gasteiger partial charge in [-0.3, -0.25) is 14.5 Å². The zero-order valence-electron chi connectivity index (χ0n) is 15.5. The fourth-order valence-electron chi connectivity index (χ4n) is 3.64. The van der Waals surface area contributed by atoms with Crippen molar-refractivity contribution in [3.8, 4) is 17.1 Å². The first-order valence-corrected chi connectivity index (χ1v) is 9.34. The van der Waals surface area contributed by atoms with Crippen molar-refractivity contribution in [2.75, 3.05) is 6.61 Å². The van der Waals surface area contributed by atoms with E-state index in [2.05, 4.69) is 10.1 Å². The zero-order valence-corrected chi connectivity index (χ0v) is 15.5. The van der Waals surface area contributed by atoms with Crippen LogP contribution in [0.5, 0.6) is 5.75 Å². The average molecular weight is 384 g/mol. The Morgan fingerprint density at radius 1 is 1.14 bits per heavy atom. The van der Waals surface area contributed by atoms with Crippen LogP contribution in [-0.4, -0.2) is 50.4 Å². The highest BCUT2D eigenvalue weighted by atomic mass is 16.5. The molecule has 28 heavy (non-hydrogen) atoms. The Morgan fingerprint density at radius 3 is 2.64 bits per heavy atom. The van der Waals surface area contributed by atoms with E-state index in [-0.39, 0.29) is 24.3 Å². The molecular weight excluding hydrogens is 364 g/mol. The maximum Gasteiger partial charge on any atom is 0.334 e. The molecule has 2 heterocycles. The molecule has 0 unspecified atom stereocenters. The number of rotatable bonds is 6. The van der Waals surface area contributed by atoms with Crippen molar-refractivity contribution in [3.63, 3.8) is 0 Å². The first-order valence-electron chi connectivity index (χ1n) is 9.34. The molecule has 0 atom stereocenters. The minimum atomic E-state index is -0.855. The van der Waals surface area contributed by atoms with Gasteiger partial charge in [-0.05, 0) is 31.9 Å². The van der Waals surface area contributed by atoms with Crippen LogP contribution in [0, 0.1) is 0 Å². The highest BCUT2D eigenvalue weighted by Gasteiger charge is 2.48. The van der Waals surface area contributed by atoms with Gasteiger partial charge in [-0.2, -0.15) is 4.98 Å². The maximum atomic E-state index is 12.6. The van der Waals surface area contributed by atoms with Gasteiger partial charge < -0.3 is 9.26 Å². The maximum absolute atomic E-state index is 12.6. The van der Waals surface area contributed by atoms with Crippen LogP contribution < -0.4 is 4.74 Å². The number of carbonyl (C=O) groups excluding carboxylic acids is 3. The lowest BCUT2D eigenvalue weighted by Crippen LogP contribution is -2.39. The quantitative estimate of drug-likeness (QED) is 0.556. The Labute approximate surface area is 161 Å². The van der Waals surface area contributed by atoms with Gasteiger partial charge in [0, 0.05) is 6.04 Å². The summed E-state index contributed by atoms with van der Waals surface area (Å²) in [7, 11) is 0. The van der Waals surface area contributed by atoms with Crippen molar-refractivity contribution in [1.82, 2.24) is 19.9 Å². The molecule has 0 N–H and O–H groups in total. The minimum absolute atomic E-state index is 0.0732. The van der Waals surface area contributed by atoms with E-state index >= 15 is 0 Å². The van der Waals surface area contributed by atoms with Crippen LogP contribution in [0.25, 0.3) is 11.4 Å². The molecule has 146 valence electrons. The molecule has 0 spiro atoms. The molecule has 1 saturated heterocycles. The number of benzene rings is 1. The highest BCUT2D eigenvalue weighted by molar-refractivity contribution is 6.44. The molecule has 1 aromatic heterocycles. The van der Waals surface area contributed by atoms with Gasteiger partial charge in [0.2, 0.25) is 11.7 Å². The van der Waals surface area contributed by atoms with Crippen LogP contribution in [0.1, 0.15) is 38.5 Å². The standard InChI is InChI=1S/C19H20N4O5/c1-2-27-14-10-6-5-9-13(14)16-20-15(28-21-16)11-22-17(24)18(25)23(19(22)26)12-7-3-4-8-12/h5-6,9-10,12H,2-4,7-8,11H2,1H3. The number of imide groups is 2. The molecule has 4 rings (SSSR count). The monoisotopic (exact) mass is 384 g/mol. The summed E-state index contributed by atoms with van der Waals surface area (Å²) in [4.78, 5) is 43.4. The van der Waals surface area contributed by atoms with Gasteiger partial charge in [-0.1, -0.05) is 30.1 Å². The summed E-state index contributed by atoms with van der Waals surface area (Å²) in [6.07, 6.45) is 3.36. The minimum Gasteiger partial charge on any atom is -0.493 e. The lowest BCUT2D eigenvalue weighted by atomic mass is 10.2. The number of ether oxygens (including phenoxy) is 1. The Balaban J connectivity index is 1.53. The summed E-state index contributed by atoms with van der Waals surface area (Å²) in [6.45, 7) is 2.12. The van der Waals surface area contributed by atoms with E-state index < -0.39 is 17.8 Å². The molecule has 9 nitrogen and oxygen atoms in total. The van der Waals surface area contributed by atoms with Crippen molar-refractivity contribution in [2.24, 2.45) is 0 Å². The van der Waals surface area contributed by atoms with Gasteiger partial charge in [0.25, 0.3) is 0 Å². The Bertz CT molecular complexity index is 919. The van der Waals surface area contributed by atoms with E-state index in [0.29, 0.717) is 17.9 Å². The van der Waals surface area contributed by atoms with E-state index in [9.17, 15) is 14.4 Å². The molecule has 2 aromatic rings. The second-order valence-electron chi connectivity index (χ2n) is 6.73. The van der Waals surface area contributed by atoms with Crippen molar-refractivity contribution in [3.05, 3.63) is 30.2 Å². The largest absolute Gasteiger partial charge is 0.493 e. The van der Waals surface area contributed by atoms with Gasteiger partial charge in [-0.15, -0.1) is 0 Å². The van der Waals surface area contributed by atoms with Crippen molar-refractivity contribution in [1.29, 1.82) is 0 Å². The summed E-state index contributed by atoms with van der Waals surface area (Å²) >= 11 is 0. The number of urea groups is 1. The molecule has 0 bridgehead atoms. The molecule has 9 heteroatoms. The molecule has 1 aromatic carbocycles. The summed E-state index contributed by atoms with van der Waals surface area (Å²) in [5.74, 6) is -0.667. The second kappa shape index (κ2) is 7.41. The second-order valence-corrected chi connectivity index (χ2v) is 6.73. The summed E-state index contributed by atoms with van der Waals surface area (Å²) < 4.78 is 10.8. The average Bonchev–Trinajstić information content (AvgIpc) is 3.42. The number of aromatic nitrogens is 2. The third-order valence-corrected chi connectivity index (χ3v) is 4.96. The van der Waals surface area contributed by atoms with Crippen molar-refractivity contribution < 1.29 is 23.6 Å². The topological polar surface area (TPSA) is 106 Å². The molecule has 4 amide bonds. The number of nitrogens with zero attached hydrogens (tertiary/aromatic N) is 4. The number of carbonyl (C=O) groups is 3. The Morgan fingerprint density at radius 2 is 1.89 bits per heavy atom. The zero-order chi connectivity index (χ0) is 19.7. The van der Waals surface area contributed by atoms with E-state index in [4.69, 9.17) is 9.26 Å². The number of hydrogen-bond donors (Lipinski definition) is 0. The van der Waals surface area contributed by atoms with E-state index in [1.807, 2.05) is 19.1 Å². The molecule has 2 aliphatic rings. The summed E-state index contributed by atoms with van der Waals surface area (Å²) in [6, 6.07) is 6.42. The normalized spacial score (nSPS) is 17.8. The van der Waals surface area contributed by atoms with Gasteiger partial charge in [-0.25, -0.2) is 9.69 Å². The third kappa shape index (κ3) is 3.12. The van der Waals surface area contributed by atoms with Gasteiger partial charge in [0.1, 0.15) is 12.3 Å².